The van der Waals surface area contributed by atoms with Crippen molar-refractivity contribution in [3.63, 3.8) is 0 Å². The summed E-state index contributed by atoms with van der Waals surface area (Å²) in [6.07, 6.45) is 0. The average Bonchev–Trinajstić information content (AvgIpc) is 2.37. The number of hydrogen-bond acceptors (Lipinski definition) is 1. The van der Waals surface area contributed by atoms with Crippen LogP contribution in [-0.2, 0) is 0 Å². The summed E-state index contributed by atoms with van der Waals surface area (Å²) in [7, 11) is 0. The van der Waals surface area contributed by atoms with E-state index < -0.39 is 11.6 Å². The summed E-state index contributed by atoms with van der Waals surface area (Å²) in [6.45, 7) is 7.78. The third-order valence-electron chi connectivity index (χ3n) is 3.11. The highest BCUT2D eigenvalue weighted by Gasteiger charge is 2.12. The molecule has 0 spiro atoms. The van der Waals surface area contributed by atoms with Crippen LogP contribution >= 0.6 is 0 Å². The van der Waals surface area contributed by atoms with Crippen LogP contribution in [0.2, 0.25) is 0 Å². The van der Waals surface area contributed by atoms with Crippen LogP contribution in [0, 0.1) is 11.6 Å². The number of benzene rings is 1. The summed E-state index contributed by atoms with van der Waals surface area (Å²) in [6, 6.07) is 3.61. The van der Waals surface area contributed by atoms with E-state index >= 15 is 0 Å². The minimum Gasteiger partial charge on any atom is -0.370 e. The highest BCUT2D eigenvalue weighted by molar-refractivity contribution is 5.78. The topological polar surface area (TPSA) is 41.6 Å². The van der Waals surface area contributed by atoms with Gasteiger partial charge in [0.1, 0.15) is 11.6 Å². The standard InChI is InChI=1S/C14H21F2N3/c1-4-19(5-2)14(17)18-9-10(3)12-7-6-11(15)8-13(12)16/h6-8,10H,4-5,9H2,1-3H3,(H2,17,18). The van der Waals surface area contributed by atoms with E-state index in [1.807, 2.05) is 25.7 Å². The first-order valence-electron chi connectivity index (χ1n) is 6.49. The molecule has 19 heavy (non-hydrogen) atoms. The molecule has 5 heteroatoms. The second-order valence-electron chi connectivity index (χ2n) is 4.44. The second kappa shape index (κ2) is 7.07. The summed E-state index contributed by atoms with van der Waals surface area (Å²) in [5.41, 5.74) is 6.31. The lowest BCUT2D eigenvalue weighted by atomic mass is 10.0. The molecule has 0 aliphatic rings. The van der Waals surface area contributed by atoms with Crippen molar-refractivity contribution in [2.45, 2.75) is 26.7 Å². The number of aliphatic imine (C=N–C) groups is 1. The predicted octanol–water partition coefficient (Wildman–Crippen LogP) is 2.72. The van der Waals surface area contributed by atoms with E-state index in [0.29, 0.717) is 18.1 Å². The molecule has 0 amide bonds. The van der Waals surface area contributed by atoms with Crippen LogP contribution in [-0.4, -0.2) is 30.5 Å². The van der Waals surface area contributed by atoms with Gasteiger partial charge in [-0.1, -0.05) is 13.0 Å². The molecule has 0 fully saturated rings. The van der Waals surface area contributed by atoms with Crippen LogP contribution in [0.1, 0.15) is 32.3 Å². The second-order valence-corrected chi connectivity index (χ2v) is 4.44. The first-order chi connectivity index (χ1) is 8.99. The van der Waals surface area contributed by atoms with Crippen molar-refractivity contribution < 1.29 is 8.78 Å². The van der Waals surface area contributed by atoms with Gasteiger partial charge in [0.25, 0.3) is 0 Å². The molecule has 0 saturated heterocycles. The highest BCUT2D eigenvalue weighted by Crippen LogP contribution is 2.20. The SMILES string of the molecule is CCN(CC)C(N)=NCC(C)c1ccc(F)cc1F. The van der Waals surface area contributed by atoms with Gasteiger partial charge in [0.2, 0.25) is 0 Å². The smallest absolute Gasteiger partial charge is 0.191 e. The van der Waals surface area contributed by atoms with Crippen LogP contribution in [0.25, 0.3) is 0 Å². The van der Waals surface area contributed by atoms with E-state index in [4.69, 9.17) is 5.73 Å². The van der Waals surface area contributed by atoms with Crippen LogP contribution in [0.15, 0.2) is 23.2 Å². The highest BCUT2D eigenvalue weighted by atomic mass is 19.1. The molecule has 1 aromatic rings. The van der Waals surface area contributed by atoms with Crippen LogP contribution in [0.3, 0.4) is 0 Å². The number of nitrogens with two attached hydrogens (primary N) is 1. The summed E-state index contributed by atoms with van der Waals surface area (Å²) < 4.78 is 26.4. The van der Waals surface area contributed by atoms with Crippen molar-refractivity contribution >= 4 is 5.96 Å². The number of rotatable bonds is 5. The quantitative estimate of drug-likeness (QED) is 0.659. The van der Waals surface area contributed by atoms with Gasteiger partial charge in [-0.15, -0.1) is 0 Å². The van der Waals surface area contributed by atoms with Gasteiger partial charge in [0.15, 0.2) is 5.96 Å². The Morgan fingerprint density at radius 2 is 1.95 bits per heavy atom. The fourth-order valence-corrected chi connectivity index (χ4v) is 1.88. The fourth-order valence-electron chi connectivity index (χ4n) is 1.88. The fraction of sp³-hybridized carbons (Fsp3) is 0.500. The molecule has 1 atom stereocenters. The molecular formula is C14H21F2N3. The zero-order chi connectivity index (χ0) is 14.4. The zero-order valence-corrected chi connectivity index (χ0v) is 11.7. The summed E-state index contributed by atoms with van der Waals surface area (Å²) >= 11 is 0. The van der Waals surface area contributed by atoms with Gasteiger partial charge < -0.3 is 10.6 Å². The average molecular weight is 269 g/mol. The normalized spacial score (nSPS) is 13.4. The number of nitrogens with zero attached hydrogens (tertiary/aromatic N) is 2. The van der Waals surface area contributed by atoms with Crippen molar-refractivity contribution in [3.8, 4) is 0 Å². The Kier molecular flexibility index (Phi) is 5.73. The van der Waals surface area contributed by atoms with E-state index in [-0.39, 0.29) is 5.92 Å². The van der Waals surface area contributed by atoms with Gasteiger partial charge in [0, 0.05) is 31.6 Å². The molecular weight excluding hydrogens is 248 g/mol. The molecule has 3 nitrogen and oxygen atoms in total. The van der Waals surface area contributed by atoms with Crippen molar-refractivity contribution in [2.24, 2.45) is 10.7 Å². The molecule has 1 aromatic carbocycles. The Morgan fingerprint density at radius 1 is 1.32 bits per heavy atom. The lowest BCUT2D eigenvalue weighted by Gasteiger charge is -2.20. The molecule has 0 aromatic heterocycles. The largest absolute Gasteiger partial charge is 0.370 e. The van der Waals surface area contributed by atoms with E-state index in [0.717, 1.165) is 19.2 Å². The van der Waals surface area contributed by atoms with Crippen molar-refractivity contribution in [1.29, 1.82) is 0 Å². The van der Waals surface area contributed by atoms with E-state index in [1.54, 1.807) is 0 Å². The molecule has 0 heterocycles. The van der Waals surface area contributed by atoms with E-state index in [1.165, 1.54) is 12.1 Å². The minimum absolute atomic E-state index is 0.144. The van der Waals surface area contributed by atoms with Gasteiger partial charge in [0.05, 0.1) is 0 Å². The molecule has 0 aliphatic carbocycles. The maximum absolute atomic E-state index is 13.6. The van der Waals surface area contributed by atoms with Crippen LogP contribution in [0.4, 0.5) is 8.78 Å². The lowest BCUT2D eigenvalue weighted by molar-refractivity contribution is 0.457. The number of halogens is 2. The minimum atomic E-state index is -0.570. The summed E-state index contributed by atoms with van der Waals surface area (Å²) in [4.78, 5) is 6.19. The van der Waals surface area contributed by atoms with Gasteiger partial charge in [-0.05, 0) is 25.5 Å². The lowest BCUT2D eigenvalue weighted by Crippen LogP contribution is -2.37. The number of hydrogen-bond donors (Lipinski definition) is 1. The van der Waals surface area contributed by atoms with Crippen LogP contribution in [0.5, 0.6) is 0 Å². The van der Waals surface area contributed by atoms with Crippen molar-refractivity contribution in [2.75, 3.05) is 19.6 Å². The van der Waals surface area contributed by atoms with Gasteiger partial charge in [-0.2, -0.15) is 0 Å². The maximum Gasteiger partial charge on any atom is 0.191 e. The zero-order valence-electron chi connectivity index (χ0n) is 11.7. The maximum atomic E-state index is 13.6. The van der Waals surface area contributed by atoms with Crippen molar-refractivity contribution in [1.82, 2.24) is 4.90 Å². The monoisotopic (exact) mass is 269 g/mol. The Bertz CT molecular complexity index is 442. The molecule has 2 N–H and O–H groups in total. The van der Waals surface area contributed by atoms with Crippen molar-refractivity contribution in [3.05, 3.63) is 35.4 Å². The third-order valence-corrected chi connectivity index (χ3v) is 3.11. The first-order valence-corrected chi connectivity index (χ1v) is 6.49. The molecule has 0 bridgehead atoms. The molecule has 0 radical (unpaired) electrons. The predicted molar refractivity (Wildman–Crippen MR) is 74.2 cm³/mol. The van der Waals surface area contributed by atoms with E-state index in [9.17, 15) is 8.78 Å². The third kappa shape index (κ3) is 4.19. The van der Waals surface area contributed by atoms with Gasteiger partial charge in [-0.25, -0.2) is 8.78 Å². The molecule has 0 saturated carbocycles. The molecule has 1 rings (SSSR count). The van der Waals surface area contributed by atoms with E-state index in [2.05, 4.69) is 4.99 Å². The Labute approximate surface area is 113 Å². The van der Waals surface area contributed by atoms with Gasteiger partial charge in [-0.3, -0.25) is 4.99 Å². The van der Waals surface area contributed by atoms with Gasteiger partial charge >= 0.3 is 0 Å². The summed E-state index contributed by atoms with van der Waals surface area (Å²) in [5.74, 6) is -0.794. The summed E-state index contributed by atoms with van der Waals surface area (Å²) in [5, 5.41) is 0. The van der Waals surface area contributed by atoms with Crippen LogP contribution < -0.4 is 5.73 Å². The Balaban J connectivity index is 2.74. The first kappa shape index (κ1) is 15.4. The molecule has 106 valence electrons. The Morgan fingerprint density at radius 3 is 2.47 bits per heavy atom. The Hall–Kier alpha value is -1.65. The number of guanidine groups is 1. The molecule has 0 aliphatic heterocycles. The molecule has 1 unspecified atom stereocenters.